The molecule has 2 aliphatic rings. The second-order valence-corrected chi connectivity index (χ2v) is 4.56. The first-order valence-electron chi connectivity index (χ1n) is 5.86. The summed E-state index contributed by atoms with van der Waals surface area (Å²) in [6, 6.07) is 6.29. The van der Waals surface area contributed by atoms with Gasteiger partial charge in [0.25, 0.3) is 0 Å². The number of hydrogen-bond donors (Lipinski definition) is 1. The molecule has 0 atom stereocenters. The van der Waals surface area contributed by atoms with Gasteiger partial charge in [-0.05, 0) is 49.2 Å². The van der Waals surface area contributed by atoms with Gasteiger partial charge >= 0.3 is 0 Å². The summed E-state index contributed by atoms with van der Waals surface area (Å²) in [6.07, 6.45) is 2.13. The lowest BCUT2D eigenvalue weighted by atomic mass is 9.84. The zero-order valence-electron chi connectivity index (χ0n) is 9.58. The van der Waals surface area contributed by atoms with Crippen LogP contribution < -0.4 is 10.1 Å². The number of methoxy groups -OCH3 is 1. The second-order valence-electron chi connectivity index (χ2n) is 4.56. The Morgan fingerprint density at radius 3 is 2.88 bits per heavy atom. The standard InChI is InChI=1S/C13H17NO2/c1-15-11-3-2-10-9-16-13(12(10)8-11)4-6-14-7-5-13/h2-3,8,14H,4-7,9H2,1H3. The number of rotatable bonds is 1. The maximum absolute atomic E-state index is 6.06. The van der Waals surface area contributed by atoms with Gasteiger partial charge in [0.1, 0.15) is 5.75 Å². The summed E-state index contributed by atoms with van der Waals surface area (Å²) in [6.45, 7) is 2.83. The largest absolute Gasteiger partial charge is 0.497 e. The maximum Gasteiger partial charge on any atom is 0.119 e. The zero-order valence-corrected chi connectivity index (χ0v) is 9.58. The van der Waals surface area contributed by atoms with Crippen LogP contribution >= 0.6 is 0 Å². The van der Waals surface area contributed by atoms with E-state index in [-0.39, 0.29) is 5.60 Å². The van der Waals surface area contributed by atoms with Gasteiger partial charge in [-0.2, -0.15) is 0 Å². The van der Waals surface area contributed by atoms with Crippen LogP contribution in [0.4, 0.5) is 0 Å². The van der Waals surface area contributed by atoms with Crippen LogP contribution in [0.5, 0.6) is 5.75 Å². The summed E-state index contributed by atoms with van der Waals surface area (Å²) in [5.41, 5.74) is 2.62. The van der Waals surface area contributed by atoms with Gasteiger partial charge in [0.15, 0.2) is 0 Å². The van der Waals surface area contributed by atoms with Gasteiger partial charge in [-0.15, -0.1) is 0 Å². The highest BCUT2D eigenvalue weighted by molar-refractivity contribution is 5.41. The number of fused-ring (bicyclic) bond motifs is 2. The predicted octanol–water partition coefficient (Wildman–Crippen LogP) is 1.80. The van der Waals surface area contributed by atoms with E-state index in [1.54, 1.807) is 7.11 Å². The summed E-state index contributed by atoms with van der Waals surface area (Å²) >= 11 is 0. The highest BCUT2D eigenvalue weighted by Gasteiger charge is 2.41. The molecule has 0 amide bonds. The van der Waals surface area contributed by atoms with E-state index in [0.717, 1.165) is 38.3 Å². The molecule has 0 bridgehead atoms. The van der Waals surface area contributed by atoms with Crippen molar-refractivity contribution in [2.24, 2.45) is 0 Å². The van der Waals surface area contributed by atoms with E-state index in [4.69, 9.17) is 9.47 Å². The SMILES string of the molecule is COc1ccc2c(c1)C1(CCNCC1)OC2. The van der Waals surface area contributed by atoms with Crippen molar-refractivity contribution in [1.82, 2.24) is 5.32 Å². The number of benzene rings is 1. The van der Waals surface area contributed by atoms with Gasteiger partial charge in [0.05, 0.1) is 19.3 Å². The first-order valence-corrected chi connectivity index (χ1v) is 5.86. The molecule has 16 heavy (non-hydrogen) atoms. The first kappa shape index (κ1) is 10.1. The number of piperidine rings is 1. The van der Waals surface area contributed by atoms with E-state index in [1.165, 1.54) is 11.1 Å². The van der Waals surface area contributed by atoms with Gasteiger partial charge in [-0.3, -0.25) is 0 Å². The molecule has 3 nitrogen and oxygen atoms in total. The van der Waals surface area contributed by atoms with Crippen LogP contribution in [-0.2, 0) is 16.9 Å². The molecular weight excluding hydrogens is 202 g/mol. The molecule has 1 spiro atoms. The van der Waals surface area contributed by atoms with Crippen LogP contribution in [0.15, 0.2) is 18.2 Å². The van der Waals surface area contributed by atoms with Gasteiger partial charge < -0.3 is 14.8 Å². The summed E-state index contributed by atoms with van der Waals surface area (Å²) in [5, 5.41) is 3.38. The normalized spacial score (nSPS) is 22.1. The molecule has 0 aromatic heterocycles. The Labute approximate surface area is 95.8 Å². The van der Waals surface area contributed by atoms with E-state index in [2.05, 4.69) is 17.4 Å². The van der Waals surface area contributed by atoms with Crippen molar-refractivity contribution in [1.29, 1.82) is 0 Å². The van der Waals surface area contributed by atoms with Gasteiger partial charge in [-0.1, -0.05) is 6.07 Å². The third-order valence-electron chi connectivity index (χ3n) is 3.72. The monoisotopic (exact) mass is 219 g/mol. The number of ether oxygens (including phenoxy) is 2. The van der Waals surface area contributed by atoms with E-state index in [0.29, 0.717) is 0 Å². The summed E-state index contributed by atoms with van der Waals surface area (Å²) in [5.74, 6) is 0.933. The van der Waals surface area contributed by atoms with Crippen molar-refractivity contribution in [3.8, 4) is 5.75 Å². The Hall–Kier alpha value is -1.06. The Kier molecular flexibility index (Phi) is 2.37. The van der Waals surface area contributed by atoms with E-state index < -0.39 is 0 Å². The second kappa shape index (κ2) is 3.75. The topological polar surface area (TPSA) is 30.5 Å². The van der Waals surface area contributed by atoms with Gasteiger partial charge in [0, 0.05) is 0 Å². The van der Waals surface area contributed by atoms with Crippen molar-refractivity contribution in [2.45, 2.75) is 25.0 Å². The van der Waals surface area contributed by atoms with Gasteiger partial charge in [0.2, 0.25) is 0 Å². The lowest BCUT2D eigenvalue weighted by Gasteiger charge is -2.34. The average Bonchev–Trinajstić information content (AvgIpc) is 2.69. The molecule has 0 radical (unpaired) electrons. The van der Waals surface area contributed by atoms with Crippen molar-refractivity contribution >= 4 is 0 Å². The molecule has 0 unspecified atom stereocenters. The van der Waals surface area contributed by atoms with Crippen LogP contribution in [0.2, 0.25) is 0 Å². The molecule has 86 valence electrons. The molecule has 1 saturated heterocycles. The zero-order chi connectivity index (χ0) is 11.0. The first-order chi connectivity index (χ1) is 7.84. The molecule has 1 aromatic carbocycles. The predicted molar refractivity (Wildman–Crippen MR) is 61.6 cm³/mol. The molecule has 1 N–H and O–H groups in total. The molecule has 3 heteroatoms. The molecule has 1 fully saturated rings. The van der Waals surface area contributed by atoms with Crippen molar-refractivity contribution in [3.63, 3.8) is 0 Å². The minimum Gasteiger partial charge on any atom is -0.497 e. The van der Waals surface area contributed by atoms with Crippen LogP contribution in [0, 0.1) is 0 Å². The number of hydrogen-bond acceptors (Lipinski definition) is 3. The Morgan fingerprint density at radius 2 is 2.12 bits per heavy atom. The lowest BCUT2D eigenvalue weighted by Crippen LogP contribution is -2.39. The molecule has 0 saturated carbocycles. The quantitative estimate of drug-likeness (QED) is 0.781. The van der Waals surface area contributed by atoms with E-state index in [9.17, 15) is 0 Å². The third kappa shape index (κ3) is 1.43. The van der Waals surface area contributed by atoms with Crippen molar-refractivity contribution < 1.29 is 9.47 Å². The Morgan fingerprint density at radius 1 is 1.31 bits per heavy atom. The molecule has 2 heterocycles. The fourth-order valence-electron chi connectivity index (χ4n) is 2.77. The Balaban J connectivity index is 2.02. The van der Waals surface area contributed by atoms with E-state index in [1.807, 2.05) is 6.07 Å². The lowest BCUT2D eigenvalue weighted by molar-refractivity contribution is -0.0590. The van der Waals surface area contributed by atoms with Crippen LogP contribution in [-0.4, -0.2) is 20.2 Å². The van der Waals surface area contributed by atoms with Crippen LogP contribution in [0.25, 0.3) is 0 Å². The van der Waals surface area contributed by atoms with Crippen molar-refractivity contribution in [3.05, 3.63) is 29.3 Å². The minimum atomic E-state index is -0.0465. The molecule has 3 rings (SSSR count). The van der Waals surface area contributed by atoms with Gasteiger partial charge in [-0.25, -0.2) is 0 Å². The minimum absolute atomic E-state index is 0.0465. The molecular formula is C13H17NO2. The summed E-state index contributed by atoms with van der Waals surface area (Å²) in [4.78, 5) is 0. The highest BCUT2D eigenvalue weighted by atomic mass is 16.5. The highest BCUT2D eigenvalue weighted by Crippen LogP contribution is 2.43. The summed E-state index contributed by atoms with van der Waals surface area (Å²) < 4.78 is 11.4. The third-order valence-corrected chi connectivity index (χ3v) is 3.72. The van der Waals surface area contributed by atoms with Crippen LogP contribution in [0.3, 0.4) is 0 Å². The van der Waals surface area contributed by atoms with Crippen molar-refractivity contribution in [2.75, 3.05) is 20.2 Å². The fraction of sp³-hybridized carbons (Fsp3) is 0.538. The van der Waals surface area contributed by atoms with Crippen LogP contribution in [0.1, 0.15) is 24.0 Å². The average molecular weight is 219 g/mol. The fourth-order valence-corrected chi connectivity index (χ4v) is 2.77. The molecule has 2 aliphatic heterocycles. The Bertz CT molecular complexity index is 391. The van der Waals surface area contributed by atoms with E-state index >= 15 is 0 Å². The number of nitrogens with one attached hydrogen (secondary N) is 1. The maximum atomic E-state index is 6.06. The molecule has 1 aromatic rings. The molecule has 0 aliphatic carbocycles. The smallest absolute Gasteiger partial charge is 0.119 e. The summed E-state index contributed by atoms with van der Waals surface area (Å²) in [7, 11) is 1.71.